The summed E-state index contributed by atoms with van der Waals surface area (Å²) in [5, 5.41) is 40.0. The van der Waals surface area contributed by atoms with Gasteiger partial charge >= 0.3 is 23.9 Å². The van der Waals surface area contributed by atoms with Crippen molar-refractivity contribution in [3.8, 4) is 0 Å². The van der Waals surface area contributed by atoms with Gasteiger partial charge in [0.2, 0.25) is 5.91 Å². The lowest BCUT2D eigenvalue weighted by Crippen LogP contribution is -2.82. The average Bonchev–Trinajstić information content (AvgIpc) is 3.20. The number of rotatable bonds is 10. The molecule has 4 aliphatic rings. The highest BCUT2D eigenvalue weighted by Gasteiger charge is 2.78. The van der Waals surface area contributed by atoms with E-state index in [2.05, 4.69) is 5.32 Å². The molecule has 2 bridgehead atoms. The average molecular weight is 832 g/mol. The van der Waals surface area contributed by atoms with E-state index >= 15 is 4.79 Å². The van der Waals surface area contributed by atoms with E-state index in [4.69, 9.17) is 23.7 Å². The molecule has 322 valence electrons. The first-order valence-corrected chi connectivity index (χ1v) is 19.9. The van der Waals surface area contributed by atoms with Crippen molar-refractivity contribution in [2.45, 2.75) is 122 Å². The monoisotopic (exact) mass is 831 g/mol. The van der Waals surface area contributed by atoms with Crippen LogP contribution in [0.1, 0.15) is 90.2 Å². The number of carbonyl (C=O) groups excluding carboxylic acids is 6. The zero-order valence-electron chi connectivity index (χ0n) is 34.9. The first-order valence-electron chi connectivity index (χ1n) is 19.9. The van der Waals surface area contributed by atoms with Crippen molar-refractivity contribution < 1.29 is 67.8 Å². The van der Waals surface area contributed by atoms with Gasteiger partial charge in [-0.05, 0) is 56.5 Å². The quantitative estimate of drug-likeness (QED) is 0.117. The van der Waals surface area contributed by atoms with Crippen LogP contribution in [-0.4, -0.2) is 105 Å². The van der Waals surface area contributed by atoms with Gasteiger partial charge in [-0.1, -0.05) is 68.5 Å². The number of Topliss-reactive ketones (excluding diaryl/α,β-unsaturated/α-hetero) is 1. The van der Waals surface area contributed by atoms with E-state index in [1.54, 1.807) is 82.3 Å². The van der Waals surface area contributed by atoms with Gasteiger partial charge in [0.15, 0.2) is 23.6 Å². The van der Waals surface area contributed by atoms with Gasteiger partial charge in [0.1, 0.15) is 23.9 Å². The molecule has 0 spiro atoms. The number of esters is 4. The number of benzene rings is 2. The number of hydrogen-bond acceptors (Lipinski definition) is 14. The van der Waals surface area contributed by atoms with E-state index in [-0.39, 0.29) is 29.7 Å². The first kappa shape index (κ1) is 44.3. The van der Waals surface area contributed by atoms with Crippen molar-refractivity contribution in [1.29, 1.82) is 0 Å². The molecule has 2 aromatic rings. The van der Waals surface area contributed by atoms with Crippen molar-refractivity contribution in [3.05, 3.63) is 94.6 Å². The molecule has 0 aromatic heterocycles. The Morgan fingerprint density at radius 3 is 2.08 bits per heavy atom. The Morgan fingerprint density at radius 2 is 1.53 bits per heavy atom. The molecule has 1 saturated heterocycles. The van der Waals surface area contributed by atoms with Crippen molar-refractivity contribution in [3.63, 3.8) is 0 Å². The minimum Gasteiger partial charge on any atom is -0.456 e. The molecule has 11 atom stereocenters. The van der Waals surface area contributed by atoms with Gasteiger partial charge in [0.05, 0.1) is 35.6 Å². The lowest BCUT2D eigenvalue weighted by Gasteiger charge is -2.67. The first-order chi connectivity index (χ1) is 28.1. The molecule has 1 aliphatic heterocycles. The van der Waals surface area contributed by atoms with Crippen molar-refractivity contribution >= 4 is 35.6 Å². The Balaban J connectivity index is 1.56. The molecule has 0 unspecified atom stereocenters. The smallest absolute Gasteiger partial charge is 0.338 e. The molecule has 15 heteroatoms. The molecule has 15 nitrogen and oxygen atoms in total. The molecule has 0 radical (unpaired) electrons. The molecule has 3 aliphatic carbocycles. The highest BCUT2D eigenvalue weighted by molar-refractivity contribution is 5.96. The Morgan fingerprint density at radius 1 is 0.917 bits per heavy atom. The van der Waals surface area contributed by atoms with Gasteiger partial charge in [-0.3, -0.25) is 19.2 Å². The SMILES string of the molecule is C/C=C(\C)C(=O)N[C@H](c1ccccc1)[C@H](O)C(=O)O[C@@H]1C[C@]2(O)[C@H](OC(=O)c3ccccc3)[C@H]3[C@@]4(OC(C)=O)CO[C@H]4C[C@@H](O)[C@]3(C)C(=O)[C@@H](OC(C)=O)C(=C1C)C2(C)C. The van der Waals surface area contributed by atoms with Crippen LogP contribution in [0.5, 0.6) is 0 Å². The zero-order valence-corrected chi connectivity index (χ0v) is 34.9. The lowest BCUT2D eigenvalue weighted by atomic mass is 9.44. The van der Waals surface area contributed by atoms with Gasteiger partial charge in [-0.25, -0.2) is 9.59 Å². The fourth-order valence-electron chi connectivity index (χ4n) is 9.75. The van der Waals surface area contributed by atoms with Crippen LogP contribution >= 0.6 is 0 Å². The van der Waals surface area contributed by atoms with Crippen molar-refractivity contribution in [2.75, 3.05) is 6.61 Å². The summed E-state index contributed by atoms with van der Waals surface area (Å²) in [7, 11) is 0. The number of amides is 1. The molecule has 1 heterocycles. The van der Waals surface area contributed by atoms with Crippen LogP contribution in [0, 0.1) is 16.7 Å². The largest absolute Gasteiger partial charge is 0.456 e. The summed E-state index contributed by atoms with van der Waals surface area (Å²) in [6, 6.07) is 14.8. The third-order valence-corrected chi connectivity index (χ3v) is 13.2. The van der Waals surface area contributed by atoms with E-state index in [9.17, 15) is 39.3 Å². The highest BCUT2D eigenvalue weighted by Crippen LogP contribution is 2.64. The van der Waals surface area contributed by atoms with Crippen LogP contribution in [0.15, 0.2) is 83.5 Å². The summed E-state index contributed by atoms with van der Waals surface area (Å²) in [6.45, 7) is 11.2. The number of hydrogen-bond donors (Lipinski definition) is 4. The molecule has 1 amide bonds. The third kappa shape index (κ3) is 7.24. The minimum absolute atomic E-state index is 0.00140. The van der Waals surface area contributed by atoms with Gasteiger partial charge in [-0.15, -0.1) is 0 Å². The summed E-state index contributed by atoms with van der Waals surface area (Å²) in [6.07, 6.45) is -8.88. The number of aliphatic hydroxyl groups excluding tert-OH is 2. The number of ether oxygens (including phenoxy) is 5. The van der Waals surface area contributed by atoms with Crippen LogP contribution in [0.4, 0.5) is 0 Å². The molecule has 4 N–H and O–H groups in total. The molecular weight excluding hydrogens is 778 g/mol. The maximum absolute atomic E-state index is 15.4. The fourth-order valence-corrected chi connectivity index (χ4v) is 9.75. The van der Waals surface area contributed by atoms with Crippen LogP contribution < -0.4 is 5.32 Å². The lowest BCUT2D eigenvalue weighted by molar-refractivity contribution is -0.346. The third-order valence-electron chi connectivity index (χ3n) is 13.2. The predicted molar refractivity (Wildman–Crippen MR) is 211 cm³/mol. The Bertz CT molecular complexity index is 2110. The summed E-state index contributed by atoms with van der Waals surface area (Å²) in [4.78, 5) is 82.9. The second-order valence-corrected chi connectivity index (χ2v) is 17.0. The Labute approximate surface area is 348 Å². The van der Waals surface area contributed by atoms with E-state index in [0.29, 0.717) is 11.1 Å². The topological polar surface area (TPSA) is 221 Å². The molecule has 2 aromatic carbocycles. The van der Waals surface area contributed by atoms with Gasteiger partial charge in [0.25, 0.3) is 0 Å². The molecule has 3 fully saturated rings. The normalized spacial score (nSPS) is 32.9. The number of carbonyl (C=O) groups is 6. The van der Waals surface area contributed by atoms with E-state index in [1.165, 1.54) is 26.0 Å². The Hall–Kier alpha value is -5.22. The Kier molecular flexibility index (Phi) is 12.1. The zero-order chi connectivity index (χ0) is 44.1. The summed E-state index contributed by atoms with van der Waals surface area (Å²) >= 11 is 0. The van der Waals surface area contributed by atoms with Crippen molar-refractivity contribution in [2.24, 2.45) is 16.7 Å². The highest BCUT2D eigenvalue weighted by atomic mass is 16.6. The fraction of sp³-hybridized carbons (Fsp3) is 0.511. The van der Waals surface area contributed by atoms with Crippen LogP contribution in [0.2, 0.25) is 0 Å². The maximum Gasteiger partial charge on any atom is 0.338 e. The molecule has 6 rings (SSSR count). The van der Waals surface area contributed by atoms with E-state index in [1.807, 2.05) is 0 Å². The minimum atomic E-state index is -2.38. The van der Waals surface area contributed by atoms with Crippen LogP contribution in [0.25, 0.3) is 0 Å². The van der Waals surface area contributed by atoms with Gasteiger partial charge in [0, 0.05) is 37.7 Å². The number of aliphatic hydroxyl groups is 3. The number of nitrogens with one attached hydrogen (secondary N) is 1. The van der Waals surface area contributed by atoms with Crippen LogP contribution in [0.3, 0.4) is 0 Å². The maximum atomic E-state index is 15.4. The molecule has 60 heavy (non-hydrogen) atoms. The summed E-state index contributed by atoms with van der Waals surface area (Å²) in [5.74, 6) is -6.78. The van der Waals surface area contributed by atoms with Gasteiger partial charge < -0.3 is 44.3 Å². The summed E-state index contributed by atoms with van der Waals surface area (Å²) < 4.78 is 30.2. The number of ketones is 1. The standard InChI is InChI=1S/C45H53NO14/c1-9-23(2)39(52)46-33(27-16-12-10-13-17-27)34(50)41(54)58-29-21-45(55)38(59-40(53)28-18-14-11-15-19-28)36-43(8,30(49)20-31-44(36,22-56-31)60-26(5)48)37(51)35(57-25(4)47)32(24(29)3)42(45,6)7/h9-19,29-31,33-36,38,49-50,55H,20-22H2,1-8H3,(H,46,52)/b23-9+/t29-,30-,31+,33-,34+,35+,36-,38-,43+,44-,45+/m1/s1. The second kappa shape index (κ2) is 16.3. The van der Waals surface area contributed by atoms with Gasteiger partial charge in [-0.2, -0.15) is 0 Å². The summed E-state index contributed by atoms with van der Waals surface area (Å²) in [5.41, 5.74) is -6.91. The number of fused-ring (bicyclic) bond motifs is 5. The van der Waals surface area contributed by atoms with Crippen LogP contribution in [-0.2, 0) is 47.7 Å². The van der Waals surface area contributed by atoms with E-state index in [0.717, 1.165) is 13.8 Å². The molecular formula is C45H53NO14. The second-order valence-electron chi connectivity index (χ2n) is 17.0. The predicted octanol–water partition coefficient (Wildman–Crippen LogP) is 3.39. The number of allylic oxidation sites excluding steroid dienone is 1. The molecule has 2 saturated carbocycles. The van der Waals surface area contributed by atoms with Crippen molar-refractivity contribution in [1.82, 2.24) is 5.32 Å². The van der Waals surface area contributed by atoms with E-state index < -0.39 is 113 Å².